The van der Waals surface area contributed by atoms with Crippen molar-refractivity contribution in [1.82, 2.24) is 15.0 Å². The first-order valence-electron chi connectivity index (χ1n) is 4.02. The Morgan fingerprint density at radius 2 is 2.38 bits per heavy atom. The minimum atomic E-state index is 0.333. The van der Waals surface area contributed by atoms with E-state index in [2.05, 4.69) is 25.8 Å². The van der Waals surface area contributed by atoms with Gasteiger partial charge in [-0.2, -0.15) is 4.98 Å². The summed E-state index contributed by atoms with van der Waals surface area (Å²) in [5.74, 6) is 0.627. The van der Waals surface area contributed by atoms with E-state index in [4.69, 9.17) is 0 Å². The highest BCUT2D eigenvalue weighted by Gasteiger charge is 2.02. The summed E-state index contributed by atoms with van der Waals surface area (Å²) in [5, 5.41) is 3.12. The van der Waals surface area contributed by atoms with Gasteiger partial charge in [0.1, 0.15) is 0 Å². The maximum absolute atomic E-state index is 4.22. The smallest absolute Gasteiger partial charge is 0.224 e. The van der Waals surface area contributed by atoms with E-state index in [-0.39, 0.29) is 0 Å². The summed E-state index contributed by atoms with van der Waals surface area (Å²) in [4.78, 5) is 12.4. The van der Waals surface area contributed by atoms with Crippen molar-refractivity contribution in [2.24, 2.45) is 0 Å². The van der Waals surface area contributed by atoms with E-state index in [1.165, 1.54) is 11.3 Å². The first kappa shape index (κ1) is 8.37. The number of hydrogen-bond donors (Lipinski definition) is 1. The molecule has 2 rings (SSSR count). The van der Waals surface area contributed by atoms with Gasteiger partial charge in [-0.15, -0.1) is 11.3 Å². The van der Waals surface area contributed by atoms with E-state index in [9.17, 15) is 0 Å². The van der Waals surface area contributed by atoms with Gasteiger partial charge in [-0.25, -0.2) is 9.97 Å². The van der Waals surface area contributed by atoms with Crippen LogP contribution in [0.5, 0.6) is 0 Å². The third-order valence-corrected chi connectivity index (χ3v) is 2.15. The predicted octanol–water partition coefficient (Wildman–Crippen LogP) is 1.71. The summed E-state index contributed by atoms with van der Waals surface area (Å²) in [6, 6.07) is 0.333. The topological polar surface area (TPSA) is 50.7 Å². The highest BCUT2D eigenvalue weighted by molar-refractivity contribution is 7.16. The quantitative estimate of drug-likeness (QED) is 0.788. The number of aromatic nitrogens is 3. The lowest BCUT2D eigenvalue weighted by Gasteiger charge is -2.06. The lowest BCUT2D eigenvalue weighted by atomic mass is 10.4. The standard InChI is InChI=1S/C8H9N4S/c1-5(2)11-8-9-3-6-7(12-8)10-4-13-6/h3,5H,1-2H3,(H,9,11,12). The van der Waals surface area contributed by atoms with E-state index in [0.29, 0.717) is 17.6 Å². The van der Waals surface area contributed by atoms with Crippen LogP contribution in [0.25, 0.3) is 10.3 Å². The number of rotatable bonds is 2. The maximum Gasteiger partial charge on any atom is 0.224 e. The summed E-state index contributed by atoms with van der Waals surface area (Å²) in [6.07, 6.45) is 1.77. The Morgan fingerprint density at radius 1 is 1.54 bits per heavy atom. The largest absolute Gasteiger partial charge is 0.352 e. The number of hydrogen-bond acceptors (Lipinski definition) is 5. The molecule has 0 aliphatic rings. The van der Waals surface area contributed by atoms with Crippen molar-refractivity contribution < 1.29 is 0 Å². The zero-order chi connectivity index (χ0) is 9.26. The van der Waals surface area contributed by atoms with Crippen LogP contribution in [0.15, 0.2) is 6.20 Å². The molecule has 0 atom stereocenters. The first-order valence-corrected chi connectivity index (χ1v) is 4.83. The molecule has 0 spiro atoms. The third-order valence-electron chi connectivity index (χ3n) is 1.46. The molecule has 0 aliphatic heterocycles. The molecule has 0 aromatic carbocycles. The normalized spacial score (nSPS) is 11.0. The van der Waals surface area contributed by atoms with Gasteiger partial charge < -0.3 is 5.32 Å². The van der Waals surface area contributed by atoms with Crippen LogP contribution in [0.3, 0.4) is 0 Å². The van der Waals surface area contributed by atoms with Gasteiger partial charge in [0.05, 0.1) is 10.9 Å². The molecule has 4 nitrogen and oxygen atoms in total. The predicted molar refractivity (Wildman–Crippen MR) is 52.8 cm³/mol. The minimum absolute atomic E-state index is 0.333. The van der Waals surface area contributed by atoms with Gasteiger partial charge in [0.25, 0.3) is 0 Å². The zero-order valence-electron chi connectivity index (χ0n) is 7.40. The van der Waals surface area contributed by atoms with Gasteiger partial charge in [0.2, 0.25) is 5.95 Å². The molecule has 0 amide bonds. The summed E-state index contributed by atoms with van der Waals surface area (Å²) in [5.41, 5.74) is 3.49. The van der Waals surface area contributed by atoms with Crippen LogP contribution in [-0.4, -0.2) is 21.0 Å². The van der Waals surface area contributed by atoms with Crippen molar-refractivity contribution in [3.05, 3.63) is 11.7 Å². The van der Waals surface area contributed by atoms with Crippen molar-refractivity contribution in [1.29, 1.82) is 0 Å². The maximum atomic E-state index is 4.22. The molecule has 5 heteroatoms. The van der Waals surface area contributed by atoms with Gasteiger partial charge in [-0.3, -0.25) is 0 Å². The lowest BCUT2D eigenvalue weighted by molar-refractivity contribution is 0.877. The van der Waals surface area contributed by atoms with Gasteiger partial charge in [-0.1, -0.05) is 0 Å². The second kappa shape index (κ2) is 3.26. The minimum Gasteiger partial charge on any atom is -0.352 e. The highest BCUT2D eigenvalue weighted by Crippen LogP contribution is 2.14. The summed E-state index contributed by atoms with van der Waals surface area (Å²) in [6.45, 7) is 4.08. The number of nitrogens with one attached hydrogen (secondary N) is 1. The van der Waals surface area contributed by atoms with E-state index in [1.54, 1.807) is 6.20 Å². The highest BCUT2D eigenvalue weighted by atomic mass is 32.1. The molecule has 0 saturated carbocycles. The lowest BCUT2D eigenvalue weighted by Crippen LogP contribution is -2.12. The molecular weight excluding hydrogens is 184 g/mol. The molecule has 2 heterocycles. The van der Waals surface area contributed by atoms with Gasteiger partial charge in [-0.05, 0) is 13.8 Å². The molecule has 13 heavy (non-hydrogen) atoms. The molecule has 67 valence electrons. The van der Waals surface area contributed by atoms with Crippen molar-refractivity contribution in [2.75, 3.05) is 5.32 Å². The fraction of sp³-hybridized carbons (Fsp3) is 0.375. The molecule has 1 N–H and O–H groups in total. The van der Waals surface area contributed by atoms with Gasteiger partial charge in [0, 0.05) is 6.04 Å². The summed E-state index contributed by atoms with van der Waals surface area (Å²) >= 11 is 1.43. The van der Waals surface area contributed by atoms with E-state index in [0.717, 1.165) is 4.70 Å². The SMILES string of the molecule is CC(C)Nc1ncc2s[c]nc2n1. The van der Waals surface area contributed by atoms with Crippen molar-refractivity contribution in [2.45, 2.75) is 19.9 Å². The van der Waals surface area contributed by atoms with Crippen LogP contribution in [-0.2, 0) is 0 Å². The van der Waals surface area contributed by atoms with E-state index >= 15 is 0 Å². The van der Waals surface area contributed by atoms with Crippen molar-refractivity contribution in [3.63, 3.8) is 0 Å². The van der Waals surface area contributed by atoms with Crippen LogP contribution < -0.4 is 5.32 Å². The summed E-state index contributed by atoms with van der Waals surface area (Å²) < 4.78 is 0.967. The van der Waals surface area contributed by atoms with Crippen LogP contribution >= 0.6 is 11.3 Å². The fourth-order valence-electron chi connectivity index (χ4n) is 0.957. The van der Waals surface area contributed by atoms with Crippen molar-refractivity contribution in [3.8, 4) is 0 Å². The third kappa shape index (κ3) is 1.75. The van der Waals surface area contributed by atoms with E-state index in [1.807, 2.05) is 13.8 Å². The van der Waals surface area contributed by atoms with Crippen LogP contribution in [0.4, 0.5) is 5.95 Å². The Hall–Kier alpha value is -1.23. The van der Waals surface area contributed by atoms with Gasteiger partial charge in [0.15, 0.2) is 11.2 Å². The van der Waals surface area contributed by atoms with Crippen molar-refractivity contribution >= 4 is 27.6 Å². The molecule has 2 aromatic rings. The Balaban J connectivity index is 2.37. The zero-order valence-corrected chi connectivity index (χ0v) is 8.22. The molecule has 1 radical (unpaired) electrons. The second-order valence-corrected chi connectivity index (χ2v) is 3.81. The average Bonchev–Trinajstić information content (AvgIpc) is 2.49. The molecular formula is C8H9N4S. The number of fused-ring (bicyclic) bond motifs is 1. The van der Waals surface area contributed by atoms with Crippen LogP contribution in [0.2, 0.25) is 0 Å². The number of nitrogens with zero attached hydrogens (tertiary/aromatic N) is 3. The Kier molecular flexibility index (Phi) is 2.10. The Bertz CT molecular complexity index is 409. The molecule has 0 unspecified atom stereocenters. The number of thiazole rings is 1. The average molecular weight is 193 g/mol. The van der Waals surface area contributed by atoms with Gasteiger partial charge >= 0.3 is 0 Å². The Labute approximate surface area is 80.1 Å². The number of anilines is 1. The molecule has 0 saturated heterocycles. The first-order chi connectivity index (χ1) is 6.25. The molecule has 0 aliphatic carbocycles. The fourth-order valence-corrected chi connectivity index (χ4v) is 1.48. The van der Waals surface area contributed by atoms with Crippen LogP contribution in [0, 0.1) is 5.51 Å². The van der Waals surface area contributed by atoms with E-state index < -0.39 is 0 Å². The summed E-state index contributed by atoms with van der Waals surface area (Å²) in [7, 11) is 0. The second-order valence-electron chi connectivity index (χ2n) is 2.99. The monoisotopic (exact) mass is 193 g/mol. The molecule has 0 fully saturated rings. The Morgan fingerprint density at radius 3 is 3.15 bits per heavy atom. The van der Waals surface area contributed by atoms with Crippen LogP contribution in [0.1, 0.15) is 13.8 Å². The molecule has 2 aromatic heterocycles. The molecule has 0 bridgehead atoms.